The maximum Gasteiger partial charge on any atom is 0.255 e. The Hall–Kier alpha value is -2.82. The highest BCUT2D eigenvalue weighted by molar-refractivity contribution is 6.04. The number of anilines is 2. The predicted octanol–water partition coefficient (Wildman–Crippen LogP) is 4.32. The summed E-state index contributed by atoms with van der Waals surface area (Å²) >= 11 is 0. The second kappa shape index (κ2) is 8.87. The Morgan fingerprint density at radius 3 is 2.24 bits per heavy atom. The Bertz CT molecular complexity index is 724. The predicted molar refractivity (Wildman–Crippen MR) is 100 cm³/mol. The molecular formula is C20H24N2O3. The van der Waals surface area contributed by atoms with Gasteiger partial charge in [0.25, 0.3) is 5.91 Å². The van der Waals surface area contributed by atoms with Crippen LogP contribution < -0.4 is 15.4 Å². The highest BCUT2D eigenvalue weighted by atomic mass is 16.5. The number of nitrogens with one attached hydrogen (secondary N) is 2. The molecule has 0 saturated heterocycles. The van der Waals surface area contributed by atoms with Crippen molar-refractivity contribution >= 4 is 23.2 Å². The monoisotopic (exact) mass is 340 g/mol. The van der Waals surface area contributed by atoms with Gasteiger partial charge in [-0.1, -0.05) is 19.9 Å². The Morgan fingerprint density at radius 1 is 1.00 bits per heavy atom. The van der Waals surface area contributed by atoms with E-state index in [1.807, 2.05) is 26.8 Å². The van der Waals surface area contributed by atoms with E-state index in [0.29, 0.717) is 41.6 Å². The SMILES string of the molecule is CCOc1cccc(C(=O)Nc2ccc(NC(=O)CC(C)C)cc2)c1. The molecule has 0 saturated carbocycles. The molecule has 0 aliphatic carbocycles. The molecule has 0 aliphatic rings. The van der Waals surface area contributed by atoms with Crippen LogP contribution in [0.25, 0.3) is 0 Å². The molecule has 2 aromatic carbocycles. The Morgan fingerprint density at radius 2 is 1.64 bits per heavy atom. The van der Waals surface area contributed by atoms with E-state index in [-0.39, 0.29) is 11.8 Å². The first-order valence-corrected chi connectivity index (χ1v) is 8.42. The third-order valence-corrected chi connectivity index (χ3v) is 3.43. The van der Waals surface area contributed by atoms with Crippen molar-refractivity contribution in [2.45, 2.75) is 27.2 Å². The van der Waals surface area contributed by atoms with Crippen molar-refractivity contribution in [2.24, 2.45) is 5.92 Å². The van der Waals surface area contributed by atoms with Crippen molar-refractivity contribution < 1.29 is 14.3 Å². The lowest BCUT2D eigenvalue weighted by Gasteiger charge is -2.10. The molecular weight excluding hydrogens is 316 g/mol. The summed E-state index contributed by atoms with van der Waals surface area (Å²) in [6.07, 6.45) is 0.481. The van der Waals surface area contributed by atoms with Crippen molar-refractivity contribution in [3.8, 4) is 5.75 Å². The van der Waals surface area contributed by atoms with Crippen molar-refractivity contribution in [3.05, 3.63) is 54.1 Å². The molecule has 0 spiro atoms. The summed E-state index contributed by atoms with van der Waals surface area (Å²) in [6.45, 7) is 6.45. The van der Waals surface area contributed by atoms with Crippen molar-refractivity contribution in [3.63, 3.8) is 0 Å². The number of amides is 2. The van der Waals surface area contributed by atoms with Crippen LogP contribution in [0.1, 0.15) is 37.6 Å². The van der Waals surface area contributed by atoms with Gasteiger partial charge in [0.1, 0.15) is 5.75 Å². The molecule has 5 nitrogen and oxygen atoms in total. The minimum atomic E-state index is -0.210. The van der Waals surface area contributed by atoms with Gasteiger partial charge in [0.15, 0.2) is 0 Å². The van der Waals surface area contributed by atoms with Crippen LogP contribution in [0.15, 0.2) is 48.5 Å². The van der Waals surface area contributed by atoms with Crippen molar-refractivity contribution in [1.29, 1.82) is 0 Å². The summed E-state index contributed by atoms with van der Waals surface area (Å²) < 4.78 is 5.41. The smallest absolute Gasteiger partial charge is 0.255 e. The Kier molecular flexibility index (Phi) is 6.57. The average molecular weight is 340 g/mol. The van der Waals surface area contributed by atoms with Crippen LogP contribution in [0.2, 0.25) is 0 Å². The van der Waals surface area contributed by atoms with Gasteiger partial charge in [-0.15, -0.1) is 0 Å². The van der Waals surface area contributed by atoms with Gasteiger partial charge in [-0.25, -0.2) is 0 Å². The second-order valence-corrected chi connectivity index (χ2v) is 6.14. The standard InChI is InChI=1S/C20H24N2O3/c1-4-25-18-7-5-6-15(13-18)20(24)22-17-10-8-16(9-11-17)21-19(23)12-14(2)3/h5-11,13-14H,4,12H2,1-3H3,(H,21,23)(H,22,24). The van der Waals surface area contributed by atoms with Crippen LogP contribution in [0.4, 0.5) is 11.4 Å². The zero-order valence-electron chi connectivity index (χ0n) is 14.8. The third kappa shape index (κ3) is 5.95. The fourth-order valence-corrected chi connectivity index (χ4v) is 2.32. The maximum atomic E-state index is 12.3. The fourth-order valence-electron chi connectivity index (χ4n) is 2.32. The van der Waals surface area contributed by atoms with E-state index < -0.39 is 0 Å². The highest BCUT2D eigenvalue weighted by Crippen LogP contribution is 2.17. The highest BCUT2D eigenvalue weighted by Gasteiger charge is 2.08. The quantitative estimate of drug-likeness (QED) is 0.788. The van der Waals surface area contributed by atoms with E-state index in [9.17, 15) is 9.59 Å². The zero-order valence-corrected chi connectivity index (χ0v) is 14.8. The van der Waals surface area contributed by atoms with E-state index in [0.717, 1.165) is 0 Å². The molecule has 132 valence electrons. The average Bonchev–Trinajstić information content (AvgIpc) is 2.56. The largest absolute Gasteiger partial charge is 0.494 e. The van der Waals surface area contributed by atoms with E-state index >= 15 is 0 Å². The second-order valence-electron chi connectivity index (χ2n) is 6.14. The molecule has 2 N–H and O–H groups in total. The molecule has 0 unspecified atom stereocenters. The van der Waals surface area contributed by atoms with Gasteiger partial charge in [0.05, 0.1) is 6.61 Å². The van der Waals surface area contributed by atoms with E-state index in [1.54, 1.807) is 42.5 Å². The number of rotatable bonds is 7. The van der Waals surface area contributed by atoms with Gasteiger partial charge in [-0.2, -0.15) is 0 Å². The molecule has 2 aromatic rings. The van der Waals surface area contributed by atoms with Gasteiger partial charge in [0.2, 0.25) is 5.91 Å². The first-order chi connectivity index (χ1) is 12.0. The zero-order chi connectivity index (χ0) is 18.2. The lowest BCUT2D eigenvalue weighted by molar-refractivity contribution is -0.116. The molecule has 25 heavy (non-hydrogen) atoms. The van der Waals surface area contributed by atoms with Gasteiger partial charge < -0.3 is 15.4 Å². The summed E-state index contributed by atoms with van der Waals surface area (Å²) in [4.78, 5) is 24.1. The summed E-state index contributed by atoms with van der Waals surface area (Å²) in [5, 5.41) is 5.67. The first kappa shape index (κ1) is 18.5. The van der Waals surface area contributed by atoms with Crippen LogP contribution in [0.3, 0.4) is 0 Å². The molecule has 2 amide bonds. The number of carbonyl (C=O) groups is 2. The van der Waals surface area contributed by atoms with Gasteiger partial charge in [0, 0.05) is 23.4 Å². The number of hydrogen-bond donors (Lipinski definition) is 2. The normalized spacial score (nSPS) is 10.4. The minimum absolute atomic E-state index is 0.0143. The van der Waals surface area contributed by atoms with E-state index in [4.69, 9.17) is 4.74 Å². The number of hydrogen-bond acceptors (Lipinski definition) is 3. The van der Waals surface area contributed by atoms with Crippen LogP contribution >= 0.6 is 0 Å². The Balaban J connectivity index is 1.97. The molecule has 0 radical (unpaired) electrons. The molecule has 0 aliphatic heterocycles. The van der Waals surface area contributed by atoms with Crippen LogP contribution in [-0.4, -0.2) is 18.4 Å². The lowest BCUT2D eigenvalue weighted by atomic mass is 10.1. The minimum Gasteiger partial charge on any atom is -0.494 e. The topological polar surface area (TPSA) is 67.4 Å². The van der Waals surface area contributed by atoms with Gasteiger partial charge >= 0.3 is 0 Å². The van der Waals surface area contributed by atoms with Crippen LogP contribution in [-0.2, 0) is 4.79 Å². The van der Waals surface area contributed by atoms with Crippen LogP contribution in [0.5, 0.6) is 5.75 Å². The Labute approximate surface area is 148 Å². The number of ether oxygens (including phenoxy) is 1. The van der Waals surface area contributed by atoms with Crippen molar-refractivity contribution in [1.82, 2.24) is 0 Å². The summed E-state index contributed by atoms with van der Waals surface area (Å²) in [6, 6.07) is 14.1. The molecule has 0 heterocycles. The molecule has 0 fully saturated rings. The first-order valence-electron chi connectivity index (χ1n) is 8.42. The molecule has 0 bridgehead atoms. The summed E-state index contributed by atoms with van der Waals surface area (Å²) in [7, 11) is 0. The van der Waals surface area contributed by atoms with E-state index in [1.165, 1.54) is 0 Å². The molecule has 0 atom stereocenters. The summed E-state index contributed by atoms with van der Waals surface area (Å²) in [5.41, 5.74) is 1.90. The third-order valence-electron chi connectivity index (χ3n) is 3.43. The van der Waals surface area contributed by atoms with Gasteiger partial charge in [-0.3, -0.25) is 9.59 Å². The van der Waals surface area contributed by atoms with Gasteiger partial charge in [-0.05, 0) is 55.3 Å². The lowest BCUT2D eigenvalue weighted by Crippen LogP contribution is -2.14. The molecule has 2 rings (SSSR count). The van der Waals surface area contributed by atoms with Crippen molar-refractivity contribution in [2.75, 3.05) is 17.2 Å². The summed E-state index contributed by atoms with van der Waals surface area (Å²) in [5.74, 6) is 0.752. The molecule has 5 heteroatoms. The molecule has 0 aromatic heterocycles. The number of benzene rings is 2. The van der Waals surface area contributed by atoms with E-state index in [2.05, 4.69) is 10.6 Å². The maximum absolute atomic E-state index is 12.3. The fraction of sp³-hybridized carbons (Fsp3) is 0.300. The van der Waals surface area contributed by atoms with Crippen LogP contribution in [0, 0.1) is 5.92 Å². The number of carbonyl (C=O) groups excluding carboxylic acids is 2.